The third kappa shape index (κ3) is 3.89. The van der Waals surface area contributed by atoms with Crippen LogP contribution in [-0.4, -0.2) is 16.4 Å². The number of amides is 1. The monoisotopic (exact) mass is 407 g/mol. The van der Waals surface area contributed by atoms with Crippen LogP contribution >= 0.6 is 11.3 Å². The molecule has 2 aromatic heterocycles. The summed E-state index contributed by atoms with van der Waals surface area (Å²) in [5, 5.41) is 13.3. The number of hydrogen-bond acceptors (Lipinski definition) is 6. The topological polar surface area (TPSA) is 118 Å². The van der Waals surface area contributed by atoms with Crippen molar-refractivity contribution >= 4 is 39.0 Å². The van der Waals surface area contributed by atoms with Crippen LogP contribution in [0.4, 0.5) is 11.5 Å². The van der Waals surface area contributed by atoms with Crippen molar-refractivity contribution in [1.82, 2.24) is 10.3 Å². The standard InChI is InChI=1S/C22H25N5OS/c1-11(2)12-6-8-13(9-7-12)15-14(10-23)19(25)26-21-16(15)17(24)18(29-21)20(28)27-22(3,4)5/h6-9,11H,24H2,1-5H3,(H2,25,26)(H,27,28). The molecule has 0 saturated heterocycles. The van der Waals surface area contributed by atoms with Gasteiger partial charge in [0.1, 0.15) is 27.2 Å². The number of hydrogen-bond donors (Lipinski definition) is 3. The Balaban J connectivity index is 2.28. The average molecular weight is 408 g/mol. The second-order valence-electron chi connectivity index (χ2n) is 8.36. The van der Waals surface area contributed by atoms with Gasteiger partial charge in [-0.2, -0.15) is 5.26 Å². The second-order valence-corrected chi connectivity index (χ2v) is 9.36. The van der Waals surface area contributed by atoms with Gasteiger partial charge in [0, 0.05) is 16.5 Å². The van der Waals surface area contributed by atoms with Crippen LogP contribution < -0.4 is 16.8 Å². The van der Waals surface area contributed by atoms with Crippen molar-refractivity contribution in [2.24, 2.45) is 0 Å². The molecular weight excluding hydrogens is 382 g/mol. The molecule has 3 rings (SSSR count). The van der Waals surface area contributed by atoms with E-state index in [9.17, 15) is 10.1 Å². The number of carbonyl (C=O) groups is 1. The molecule has 3 aromatic rings. The maximum atomic E-state index is 12.8. The molecule has 0 aliphatic rings. The fourth-order valence-corrected chi connectivity index (χ4v) is 4.18. The normalized spacial score (nSPS) is 11.6. The van der Waals surface area contributed by atoms with E-state index in [0.717, 1.165) is 5.56 Å². The van der Waals surface area contributed by atoms with Crippen molar-refractivity contribution < 1.29 is 4.79 Å². The fourth-order valence-electron chi connectivity index (χ4n) is 3.17. The minimum Gasteiger partial charge on any atom is -0.397 e. The van der Waals surface area contributed by atoms with Crippen LogP contribution in [0.25, 0.3) is 21.3 Å². The first-order chi connectivity index (χ1) is 13.5. The molecule has 0 spiro atoms. The summed E-state index contributed by atoms with van der Waals surface area (Å²) >= 11 is 1.19. The summed E-state index contributed by atoms with van der Waals surface area (Å²) in [6.07, 6.45) is 0. The largest absolute Gasteiger partial charge is 0.397 e. The Morgan fingerprint density at radius 2 is 1.83 bits per heavy atom. The number of nitriles is 1. The lowest BCUT2D eigenvalue weighted by Gasteiger charge is -2.20. The number of nitrogen functional groups attached to an aromatic ring is 2. The highest BCUT2D eigenvalue weighted by atomic mass is 32.1. The van der Waals surface area contributed by atoms with Crippen LogP contribution in [0.1, 0.15) is 61.3 Å². The van der Waals surface area contributed by atoms with Gasteiger partial charge in [0.25, 0.3) is 5.91 Å². The van der Waals surface area contributed by atoms with Crippen LogP contribution in [0.15, 0.2) is 24.3 Å². The molecule has 0 atom stereocenters. The lowest BCUT2D eigenvalue weighted by atomic mass is 9.94. The van der Waals surface area contributed by atoms with E-state index in [2.05, 4.69) is 30.2 Å². The summed E-state index contributed by atoms with van der Waals surface area (Å²) < 4.78 is 0. The molecule has 7 heteroatoms. The molecule has 0 aliphatic heterocycles. The van der Waals surface area contributed by atoms with Gasteiger partial charge in [-0.25, -0.2) is 4.98 Å². The van der Waals surface area contributed by atoms with E-state index in [-0.39, 0.29) is 17.3 Å². The molecule has 0 unspecified atom stereocenters. The highest BCUT2D eigenvalue weighted by molar-refractivity contribution is 7.21. The molecule has 0 aliphatic carbocycles. The molecule has 0 saturated carbocycles. The molecule has 2 heterocycles. The van der Waals surface area contributed by atoms with E-state index in [4.69, 9.17) is 11.5 Å². The molecule has 1 amide bonds. The van der Waals surface area contributed by atoms with Gasteiger partial charge in [-0.15, -0.1) is 11.3 Å². The molecule has 29 heavy (non-hydrogen) atoms. The van der Waals surface area contributed by atoms with Gasteiger partial charge >= 0.3 is 0 Å². The molecule has 0 bridgehead atoms. The van der Waals surface area contributed by atoms with Gasteiger partial charge < -0.3 is 16.8 Å². The Labute approximate surface area is 174 Å². The number of benzene rings is 1. The maximum Gasteiger partial charge on any atom is 0.263 e. The number of fused-ring (bicyclic) bond motifs is 1. The fraction of sp³-hybridized carbons (Fsp3) is 0.318. The zero-order chi connectivity index (χ0) is 21.5. The highest BCUT2D eigenvalue weighted by Crippen LogP contribution is 2.42. The quantitative estimate of drug-likeness (QED) is 0.584. The Kier molecular flexibility index (Phi) is 5.24. The predicted octanol–water partition coefficient (Wildman–Crippen LogP) is 4.65. The summed E-state index contributed by atoms with van der Waals surface area (Å²) in [6.45, 7) is 9.95. The highest BCUT2D eigenvalue weighted by Gasteiger charge is 2.26. The van der Waals surface area contributed by atoms with Crippen LogP contribution in [0, 0.1) is 11.3 Å². The minimum absolute atomic E-state index is 0.131. The van der Waals surface area contributed by atoms with Crippen LogP contribution in [-0.2, 0) is 0 Å². The SMILES string of the molecule is CC(C)c1ccc(-c2c(C#N)c(N)nc3sc(C(=O)NC(C)(C)C)c(N)c23)cc1. The zero-order valence-corrected chi connectivity index (χ0v) is 18.1. The molecular formula is C22H25N5OS. The van der Waals surface area contributed by atoms with Gasteiger partial charge in [-0.1, -0.05) is 38.1 Å². The maximum absolute atomic E-state index is 12.8. The Morgan fingerprint density at radius 1 is 1.21 bits per heavy atom. The number of nitrogens with one attached hydrogen (secondary N) is 1. The van der Waals surface area contributed by atoms with Gasteiger partial charge in [-0.3, -0.25) is 4.79 Å². The van der Waals surface area contributed by atoms with Gasteiger partial charge in [0.2, 0.25) is 0 Å². The molecule has 0 fully saturated rings. The lowest BCUT2D eigenvalue weighted by molar-refractivity contribution is 0.0924. The number of pyridine rings is 1. The second kappa shape index (κ2) is 7.37. The molecule has 150 valence electrons. The van der Waals surface area contributed by atoms with Crippen molar-refractivity contribution in [3.63, 3.8) is 0 Å². The first-order valence-corrected chi connectivity index (χ1v) is 10.2. The third-order valence-electron chi connectivity index (χ3n) is 4.58. The Morgan fingerprint density at radius 3 is 2.34 bits per heavy atom. The number of anilines is 2. The number of nitrogens with two attached hydrogens (primary N) is 2. The van der Waals surface area contributed by atoms with Crippen molar-refractivity contribution in [1.29, 1.82) is 5.26 Å². The molecule has 1 aromatic carbocycles. The molecule has 5 N–H and O–H groups in total. The van der Waals surface area contributed by atoms with Gasteiger partial charge in [0.05, 0.1) is 5.69 Å². The first-order valence-electron chi connectivity index (χ1n) is 9.38. The zero-order valence-electron chi connectivity index (χ0n) is 17.3. The summed E-state index contributed by atoms with van der Waals surface area (Å²) in [5.74, 6) is 0.254. The lowest BCUT2D eigenvalue weighted by Crippen LogP contribution is -2.40. The number of nitrogens with zero attached hydrogens (tertiary/aromatic N) is 2. The minimum atomic E-state index is -0.403. The van der Waals surface area contributed by atoms with Gasteiger partial charge in [0.15, 0.2) is 0 Å². The molecule has 6 nitrogen and oxygen atoms in total. The van der Waals surface area contributed by atoms with Crippen molar-refractivity contribution in [3.8, 4) is 17.2 Å². The van der Waals surface area contributed by atoms with E-state index in [1.54, 1.807) is 0 Å². The third-order valence-corrected chi connectivity index (χ3v) is 5.68. The molecule has 0 radical (unpaired) electrons. The van der Waals surface area contributed by atoms with Crippen molar-refractivity contribution in [2.75, 3.05) is 11.5 Å². The van der Waals surface area contributed by atoms with Crippen molar-refractivity contribution in [2.45, 2.75) is 46.1 Å². The van der Waals surface area contributed by atoms with E-state index in [0.29, 0.717) is 32.3 Å². The van der Waals surface area contributed by atoms with E-state index >= 15 is 0 Å². The van der Waals surface area contributed by atoms with Crippen LogP contribution in [0.5, 0.6) is 0 Å². The van der Waals surface area contributed by atoms with Crippen LogP contribution in [0.3, 0.4) is 0 Å². The Hall–Kier alpha value is -3.11. The number of aromatic nitrogens is 1. The average Bonchev–Trinajstić information content (AvgIpc) is 2.95. The summed E-state index contributed by atoms with van der Waals surface area (Å²) in [4.78, 5) is 18.0. The number of thiophene rings is 1. The number of carbonyl (C=O) groups excluding carboxylic acids is 1. The van der Waals surface area contributed by atoms with Gasteiger partial charge in [-0.05, 0) is 37.8 Å². The van der Waals surface area contributed by atoms with E-state index in [1.165, 1.54) is 16.9 Å². The van der Waals surface area contributed by atoms with Crippen LogP contribution in [0.2, 0.25) is 0 Å². The summed E-state index contributed by atoms with van der Waals surface area (Å²) in [6, 6.07) is 10.1. The number of rotatable bonds is 3. The van der Waals surface area contributed by atoms with Crippen molar-refractivity contribution in [3.05, 3.63) is 40.3 Å². The predicted molar refractivity (Wildman–Crippen MR) is 120 cm³/mol. The summed E-state index contributed by atoms with van der Waals surface area (Å²) in [7, 11) is 0. The van der Waals surface area contributed by atoms with E-state index < -0.39 is 5.54 Å². The summed E-state index contributed by atoms with van der Waals surface area (Å²) in [5.41, 5.74) is 15.3. The van der Waals surface area contributed by atoms with E-state index in [1.807, 2.05) is 45.0 Å². The smallest absolute Gasteiger partial charge is 0.263 e. The first kappa shape index (κ1) is 20.6. The Bertz CT molecular complexity index is 1130.